The van der Waals surface area contributed by atoms with Crippen molar-refractivity contribution in [3.63, 3.8) is 0 Å². The van der Waals surface area contributed by atoms with Gasteiger partial charge >= 0.3 is 0 Å². The Morgan fingerprint density at radius 3 is 2.24 bits per heavy atom. The number of nitrogens with zero attached hydrogens (tertiary/aromatic N) is 1. The smallest absolute Gasteiger partial charge is 0.127 e. The van der Waals surface area contributed by atoms with Crippen LogP contribution in [0.15, 0.2) is 18.2 Å². The molecular formula is C17H30N2O2. The average Bonchev–Trinajstić information content (AvgIpc) is 2.46. The number of nitrogens with two attached hydrogens (primary N) is 1. The summed E-state index contributed by atoms with van der Waals surface area (Å²) in [4.78, 5) is 2.32. The molecule has 120 valence electrons. The van der Waals surface area contributed by atoms with Gasteiger partial charge in [0.15, 0.2) is 0 Å². The molecule has 0 aromatic heterocycles. The second-order valence-electron chi connectivity index (χ2n) is 6.57. The van der Waals surface area contributed by atoms with E-state index in [9.17, 15) is 0 Å². The van der Waals surface area contributed by atoms with Crippen LogP contribution in [-0.2, 0) is 0 Å². The van der Waals surface area contributed by atoms with Crippen LogP contribution in [0.3, 0.4) is 0 Å². The third-order valence-corrected chi connectivity index (χ3v) is 4.38. The van der Waals surface area contributed by atoms with Crippen LogP contribution in [0.5, 0.6) is 11.5 Å². The zero-order chi connectivity index (χ0) is 16.2. The molecule has 4 nitrogen and oxygen atoms in total. The van der Waals surface area contributed by atoms with Crippen LogP contribution in [0.4, 0.5) is 0 Å². The summed E-state index contributed by atoms with van der Waals surface area (Å²) in [5, 5.41) is 0. The molecule has 0 bridgehead atoms. The minimum absolute atomic E-state index is 0.111. The highest BCUT2D eigenvalue weighted by molar-refractivity contribution is 5.42. The van der Waals surface area contributed by atoms with Crippen LogP contribution in [0.1, 0.15) is 39.3 Å². The molecule has 0 amide bonds. The highest BCUT2D eigenvalue weighted by atomic mass is 16.5. The number of hydrogen-bond donors (Lipinski definition) is 1. The zero-order valence-corrected chi connectivity index (χ0v) is 14.4. The zero-order valence-electron chi connectivity index (χ0n) is 14.4. The van der Waals surface area contributed by atoms with Crippen molar-refractivity contribution in [1.82, 2.24) is 4.90 Å². The predicted molar refractivity (Wildman–Crippen MR) is 88.0 cm³/mol. The summed E-state index contributed by atoms with van der Waals surface area (Å²) >= 11 is 0. The Bertz CT molecular complexity index is 455. The molecule has 2 unspecified atom stereocenters. The fourth-order valence-electron chi connectivity index (χ4n) is 2.49. The molecule has 1 aromatic carbocycles. The Morgan fingerprint density at radius 1 is 1.19 bits per heavy atom. The SMILES string of the molecule is COc1ccc(C(CN)N(C)C(C)C(C)(C)C)c(OC)c1. The standard InChI is InChI=1S/C17H30N2O2/c1-12(17(2,3)4)19(5)15(11-18)14-9-8-13(20-6)10-16(14)21-7/h8-10,12,15H,11,18H2,1-7H3. The van der Waals surface area contributed by atoms with Crippen molar-refractivity contribution in [3.8, 4) is 11.5 Å². The third kappa shape index (κ3) is 4.11. The van der Waals surface area contributed by atoms with Gasteiger partial charge in [0, 0.05) is 24.2 Å². The topological polar surface area (TPSA) is 47.7 Å². The van der Waals surface area contributed by atoms with E-state index in [0.29, 0.717) is 12.6 Å². The molecule has 0 aliphatic rings. The van der Waals surface area contributed by atoms with Gasteiger partial charge in [0.2, 0.25) is 0 Å². The maximum atomic E-state index is 6.05. The van der Waals surface area contributed by atoms with Crippen LogP contribution in [0.2, 0.25) is 0 Å². The van der Waals surface area contributed by atoms with Crippen LogP contribution in [0, 0.1) is 5.41 Å². The van der Waals surface area contributed by atoms with Crippen molar-refractivity contribution in [2.24, 2.45) is 11.1 Å². The lowest BCUT2D eigenvalue weighted by Crippen LogP contribution is -2.43. The molecule has 0 aliphatic carbocycles. The minimum Gasteiger partial charge on any atom is -0.497 e. The molecule has 0 aliphatic heterocycles. The lowest BCUT2D eigenvalue weighted by Gasteiger charge is -2.40. The Labute approximate surface area is 129 Å². The molecular weight excluding hydrogens is 264 g/mol. The summed E-state index contributed by atoms with van der Waals surface area (Å²) < 4.78 is 10.8. The normalized spacial score (nSPS) is 14.9. The summed E-state index contributed by atoms with van der Waals surface area (Å²) in [7, 11) is 5.46. The summed E-state index contributed by atoms with van der Waals surface area (Å²) in [5.41, 5.74) is 7.33. The maximum Gasteiger partial charge on any atom is 0.127 e. The third-order valence-electron chi connectivity index (χ3n) is 4.38. The average molecular weight is 294 g/mol. The second-order valence-corrected chi connectivity index (χ2v) is 6.57. The van der Waals surface area contributed by atoms with Gasteiger partial charge in [-0.1, -0.05) is 26.8 Å². The van der Waals surface area contributed by atoms with Gasteiger partial charge in [0.05, 0.1) is 20.3 Å². The summed E-state index contributed by atoms with van der Waals surface area (Å²) in [5.74, 6) is 1.61. The van der Waals surface area contributed by atoms with E-state index < -0.39 is 0 Å². The second kappa shape index (κ2) is 7.14. The van der Waals surface area contributed by atoms with Gasteiger partial charge in [-0.3, -0.25) is 4.90 Å². The summed E-state index contributed by atoms with van der Waals surface area (Å²) in [6.45, 7) is 9.51. The maximum absolute atomic E-state index is 6.05. The van der Waals surface area contributed by atoms with Gasteiger partial charge in [0.25, 0.3) is 0 Å². The predicted octanol–water partition coefficient (Wildman–Crippen LogP) is 3.07. The van der Waals surface area contributed by atoms with Gasteiger partial charge in [-0.25, -0.2) is 0 Å². The van der Waals surface area contributed by atoms with E-state index in [0.717, 1.165) is 17.1 Å². The van der Waals surface area contributed by atoms with E-state index in [1.165, 1.54) is 0 Å². The van der Waals surface area contributed by atoms with Gasteiger partial charge < -0.3 is 15.2 Å². The van der Waals surface area contributed by atoms with Crippen molar-refractivity contribution >= 4 is 0 Å². The number of benzene rings is 1. The largest absolute Gasteiger partial charge is 0.497 e. The molecule has 0 saturated heterocycles. The number of methoxy groups -OCH3 is 2. The molecule has 0 radical (unpaired) electrons. The van der Waals surface area contributed by atoms with E-state index >= 15 is 0 Å². The highest BCUT2D eigenvalue weighted by Crippen LogP contribution is 2.35. The van der Waals surface area contributed by atoms with E-state index in [1.54, 1.807) is 14.2 Å². The van der Waals surface area contributed by atoms with Crippen LogP contribution in [-0.4, -0.2) is 38.8 Å². The lowest BCUT2D eigenvalue weighted by atomic mass is 9.85. The molecule has 0 spiro atoms. The molecule has 21 heavy (non-hydrogen) atoms. The van der Waals surface area contributed by atoms with Gasteiger partial charge in [-0.05, 0) is 25.5 Å². The fraction of sp³-hybridized carbons (Fsp3) is 0.647. The Morgan fingerprint density at radius 2 is 1.81 bits per heavy atom. The molecule has 0 saturated carbocycles. The van der Waals surface area contributed by atoms with Crippen LogP contribution in [0.25, 0.3) is 0 Å². The van der Waals surface area contributed by atoms with Gasteiger partial charge in [0.1, 0.15) is 11.5 Å². The van der Waals surface area contributed by atoms with Crippen molar-refractivity contribution in [1.29, 1.82) is 0 Å². The van der Waals surface area contributed by atoms with E-state index in [-0.39, 0.29) is 11.5 Å². The molecule has 2 N–H and O–H groups in total. The molecule has 1 aromatic rings. The van der Waals surface area contributed by atoms with Crippen LogP contribution >= 0.6 is 0 Å². The fourth-order valence-corrected chi connectivity index (χ4v) is 2.49. The van der Waals surface area contributed by atoms with E-state index in [2.05, 4.69) is 39.6 Å². The number of likely N-dealkylation sites (N-methyl/N-ethyl adjacent to an activating group) is 1. The van der Waals surface area contributed by atoms with E-state index in [4.69, 9.17) is 15.2 Å². The van der Waals surface area contributed by atoms with E-state index in [1.807, 2.05) is 18.2 Å². The number of rotatable bonds is 6. The first-order valence-corrected chi connectivity index (χ1v) is 7.40. The molecule has 2 atom stereocenters. The molecule has 0 heterocycles. The Balaban J connectivity index is 3.15. The first-order valence-electron chi connectivity index (χ1n) is 7.40. The molecule has 1 rings (SSSR count). The number of hydrogen-bond acceptors (Lipinski definition) is 4. The van der Waals surface area contributed by atoms with Crippen molar-refractivity contribution in [2.75, 3.05) is 27.8 Å². The monoisotopic (exact) mass is 294 g/mol. The number of ether oxygens (including phenoxy) is 2. The Kier molecular flexibility index (Phi) is 6.05. The minimum atomic E-state index is 0.111. The van der Waals surface area contributed by atoms with Crippen LogP contribution < -0.4 is 15.2 Å². The summed E-state index contributed by atoms with van der Waals surface area (Å²) in [6.07, 6.45) is 0. The first-order chi connectivity index (χ1) is 9.76. The molecule has 4 heteroatoms. The summed E-state index contributed by atoms with van der Waals surface area (Å²) in [6, 6.07) is 6.41. The Hall–Kier alpha value is -1.26. The van der Waals surface area contributed by atoms with Gasteiger partial charge in [-0.15, -0.1) is 0 Å². The quantitative estimate of drug-likeness (QED) is 0.876. The first kappa shape index (κ1) is 17.8. The highest BCUT2D eigenvalue weighted by Gasteiger charge is 2.30. The van der Waals surface area contributed by atoms with Crippen molar-refractivity contribution < 1.29 is 9.47 Å². The van der Waals surface area contributed by atoms with Crippen molar-refractivity contribution in [2.45, 2.75) is 39.8 Å². The van der Waals surface area contributed by atoms with Gasteiger partial charge in [-0.2, -0.15) is 0 Å². The molecule has 0 fully saturated rings. The van der Waals surface area contributed by atoms with Crippen molar-refractivity contribution in [3.05, 3.63) is 23.8 Å². The lowest BCUT2D eigenvalue weighted by molar-refractivity contribution is 0.0988.